The molecule has 0 aromatic heterocycles. The number of nitrogens with zero attached hydrogens (tertiary/aromatic N) is 1. The molecule has 100 valence electrons. The summed E-state index contributed by atoms with van der Waals surface area (Å²) >= 11 is 1.09. The van der Waals surface area contributed by atoms with Gasteiger partial charge in [0.2, 0.25) is 0 Å². The Hall–Kier alpha value is -0.590. The Labute approximate surface area is 106 Å². The van der Waals surface area contributed by atoms with Crippen LogP contribution in [0.15, 0.2) is 0 Å². The summed E-state index contributed by atoms with van der Waals surface area (Å²) in [6, 6.07) is 0. The Balaban J connectivity index is 4.28. The molecule has 0 amide bonds. The van der Waals surface area contributed by atoms with E-state index in [1.54, 1.807) is 0 Å². The largest absolute Gasteiger partial charge is 0.481 e. The first kappa shape index (κ1) is 16.4. The number of aliphatic hydroxyl groups excluding tert-OH is 1. The number of thioether (sulfide) groups is 1. The molecule has 0 rings (SSSR count). The van der Waals surface area contributed by atoms with Crippen molar-refractivity contribution in [3.05, 3.63) is 0 Å². The summed E-state index contributed by atoms with van der Waals surface area (Å²) in [5.41, 5.74) is 0. The van der Waals surface area contributed by atoms with Gasteiger partial charge in [-0.3, -0.25) is 9.59 Å². The molecule has 0 aromatic carbocycles. The highest BCUT2D eigenvalue weighted by Crippen LogP contribution is 2.20. The molecule has 0 saturated heterocycles. The first-order valence-electron chi connectivity index (χ1n) is 5.57. The van der Waals surface area contributed by atoms with E-state index in [2.05, 4.69) is 0 Å². The molecular weight excluding hydrogens is 242 g/mol. The highest BCUT2D eigenvalue weighted by Gasteiger charge is 2.24. The van der Waals surface area contributed by atoms with Crippen molar-refractivity contribution in [2.24, 2.45) is 0 Å². The Morgan fingerprint density at radius 3 is 2.29 bits per heavy atom. The molecule has 1 atom stereocenters. The lowest BCUT2D eigenvalue weighted by Gasteiger charge is -2.27. The molecule has 0 fully saturated rings. The fourth-order valence-electron chi connectivity index (χ4n) is 1.42. The second kappa shape index (κ2) is 7.68. The molecule has 5 nitrogen and oxygen atoms in total. The molecule has 6 heteroatoms. The van der Waals surface area contributed by atoms with Crippen LogP contribution < -0.4 is 0 Å². The lowest BCUT2D eigenvalue weighted by Crippen LogP contribution is -2.41. The summed E-state index contributed by atoms with van der Waals surface area (Å²) in [5.74, 6) is -0.883. The van der Waals surface area contributed by atoms with Crippen LogP contribution in [0.2, 0.25) is 0 Å². The van der Waals surface area contributed by atoms with Crippen LogP contribution in [0, 0.1) is 0 Å². The number of aliphatic carboxylic acids is 1. The molecule has 0 aromatic rings. The predicted octanol–water partition coefficient (Wildman–Crippen LogP) is 0.568. The maximum Gasteiger partial charge on any atom is 0.304 e. The van der Waals surface area contributed by atoms with Gasteiger partial charge in [0.25, 0.3) is 0 Å². The molecule has 0 spiro atoms. The van der Waals surface area contributed by atoms with Gasteiger partial charge in [-0.05, 0) is 6.42 Å². The number of carbonyl (C=O) groups excluding carboxylic acids is 1. The van der Waals surface area contributed by atoms with Crippen LogP contribution in [0.5, 0.6) is 0 Å². The van der Waals surface area contributed by atoms with E-state index in [4.69, 9.17) is 10.2 Å². The number of rotatable bonds is 8. The van der Waals surface area contributed by atoms with Crippen molar-refractivity contribution in [1.82, 2.24) is 0 Å². The highest BCUT2D eigenvalue weighted by molar-refractivity contribution is 8.14. The van der Waals surface area contributed by atoms with E-state index < -0.39 is 5.97 Å². The van der Waals surface area contributed by atoms with Gasteiger partial charge < -0.3 is 14.7 Å². The van der Waals surface area contributed by atoms with Gasteiger partial charge in [0.15, 0.2) is 5.12 Å². The monoisotopic (exact) mass is 264 g/mol. The molecule has 17 heavy (non-hydrogen) atoms. The summed E-state index contributed by atoms with van der Waals surface area (Å²) < 4.78 is 0.623. The van der Waals surface area contributed by atoms with E-state index in [9.17, 15) is 9.59 Å². The molecule has 2 N–H and O–H groups in total. The third kappa shape index (κ3) is 10.3. The lowest BCUT2D eigenvalue weighted by atomic mass is 10.3. The summed E-state index contributed by atoms with van der Waals surface area (Å²) in [5, 5.41) is 17.2. The van der Waals surface area contributed by atoms with Gasteiger partial charge in [-0.1, -0.05) is 11.8 Å². The van der Waals surface area contributed by atoms with E-state index in [-0.39, 0.29) is 23.4 Å². The fraction of sp³-hybridized carbons (Fsp3) is 0.818. The molecule has 0 aliphatic rings. The molecule has 0 heterocycles. The summed E-state index contributed by atoms with van der Waals surface area (Å²) in [6.07, 6.45) is 0.732. The lowest BCUT2D eigenvalue weighted by molar-refractivity contribution is -0.869. The molecule has 1 unspecified atom stereocenters. The molecule has 0 aliphatic heterocycles. The van der Waals surface area contributed by atoms with E-state index in [0.717, 1.165) is 11.8 Å². The van der Waals surface area contributed by atoms with E-state index in [1.807, 2.05) is 21.1 Å². The Kier molecular flexibility index (Phi) is 7.41. The third-order valence-electron chi connectivity index (χ3n) is 1.99. The molecular formula is C11H22NO4S+. The topological polar surface area (TPSA) is 74.6 Å². The molecule has 0 bridgehead atoms. The van der Waals surface area contributed by atoms with Crippen molar-refractivity contribution in [2.75, 3.05) is 34.3 Å². The third-order valence-corrected chi connectivity index (χ3v) is 3.11. The summed E-state index contributed by atoms with van der Waals surface area (Å²) in [7, 11) is 5.90. The zero-order valence-electron chi connectivity index (χ0n) is 10.7. The van der Waals surface area contributed by atoms with Gasteiger partial charge in [-0.15, -0.1) is 0 Å². The minimum Gasteiger partial charge on any atom is -0.481 e. The van der Waals surface area contributed by atoms with Crippen molar-refractivity contribution in [1.29, 1.82) is 0 Å². The van der Waals surface area contributed by atoms with Crippen LogP contribution in [0.25, 0.3) is 0 Å². The van der Waals surface area contributed by atoms with Crippen molar-refractivity contribution >= 4 is 22.8 Å². The number of hydrogen-bond donors (Lipinski definition) is 2. The summed E-state index contributed by atoms with van der Waals surface area (Å²) in [4.78, 5) is 22.3. The normalized spacial score (nSPS) is 13.4. The maximum atomic E-state index is 11.5. The predicted molar refractivity (Wildman–Crippen MR) is 67.9 cm³/mol. The zero-order valence-corrected chi connectivity index (χ0v) is 11.5. The smallest absolute Gasteiger partial charge is 0.304 e. The standard InChI is InChI=1S/C11H21NO4S/c1-12(2,3)8-9(7-10(14)15)17-11(16)5-4-6-13/h9,13H,4-8H2,1-3H3/p+1. The van der Waals surface area contributed by atoms with Crippen LogP contribution >= 0.6 is 11.8 Å². The molecule has 0 saturated carbocycles. The zero-order chi connectivity index (χ0) is 13.5. The number of carboxylic acid groups (broad SMARTS) is 1. The van der Waals surface area contributed by atoms with Crippen LogP contribution in [-0.4, -0.2) is 65.3 Å². The second-order valence-electron chi connectivity index (χ2n) is 5.01. The van der Waals surface area contributed by atoms with Gasteiger partial charge >= 0.3 is 5.97 Å². The van der Waals surface area contributed by atoms with Crippen molar-refractivity contribution in [3.63, 3.8) is 0 Å². The average molecular weight is 264 g/mol. The van der Waals surface area contributed by atoms with E-state index >= 15 is 0 Å². The van der Waals surface area contributed by atoms with Crippen LogP contribution in [0.3, 0.4) is 0 Å². The number of carbonyl (C=O) groups is 2. The van der Waals surface area contributed by atoms with Crippen LogP contribution in [0.1, 0.15) is 19.3 Å². The Bertz CT molecular complexity index is 263. The van der Waals surface area contributed by atoms with Crippen LogP contribution in [-0.2, 0) is 9.59 Å². The quantitative estimate of drug-likeness (QED) is 0.627. The van der Waals surface area contributed by atoms with Crippen molar-refractivity contribution < 1.29 is 24.3 Å². The molecule has 0 radical (unpaired) electrons. The maximum absolute atomic E-state index is 11.5. The van der Waals surface area contributed by atoms with Crippen LogP contribution in [0.4, 0.5) is 0 Å². The van der Waals surface area contributed by atoms with Gasteiger partial charge in [0, 0.05) is 13.0 Å². The number of aliphatic hydroxyl groups is 1. The van der Waals surface area contributed by atoms with Gasteiger partial charge in [-0.25, -0.2) is 0 Å². The minimum atomic E-state index is -0.883. The molecule has 0 aliphatic carbocycles. The average Bonchev–Trinajstić information content (AvgIpc) is 2.10. The summed E-state index contributed by atoms with van der Waals surface area (Å²) in [6.45, 7) is 0.618. The van der Waals surface area contributed by atoms with Gasteiger partial charge in [0.05, 0.1) is 39.4 Å². The highest BCUT2D eigenvalue weighted by atomic mass is 32.2. The van der Waals surface area contributed by atoms with Gasteiger partial charge in [-0.2, -0.15) is 0 Å². The van der Waals surface area contributed by atoms with Gasteiger partial charge in [0.1, 0.15) is 0 Å². The second-order valence-corrected chi connectivity index (χ2v) is 6.37. The first-order valence-corrected chi connectivity index (χ1v) is 6.45. The number of quaternary nitrogens is 1. The van der Waals surface area contributed by atoms with Crippen molar-refractivity contribution in [3.8, 4) is 0 Å². The SMILES string of the molecule is C[N+](C)(C)CC(CC(=O)O)SC(=O)CCCO. The first-order chi connectivity index (χ1) is 7.74. The minimum absolute atomic E-state index is 0.00870. The van der Waals surface area contributed by atoms with E-state index in [1.165, 1.54) is 0 Å². The number of carboxylic acids is 1. The fourth-order valence-corrected chi connectivity index (χ4v) is 2.80. The number of hydrogen-bond acceptors (Lipinski definition) is 4. The van der Waals surface area contributed by atoms with Crippen molar-refractivity contribution in [2.45, 2.75) is 24.5 Å². The van der Waals surface area contributed by atoms with E-state index in [0.29, 0.717) is 23.9 Å². The Morgan fingerprint density at radius 1 is 1.29 bits per heavy atom. The Morgan fingerprint density at radius 2 is 1.88 bits per heavy atom.